The first-order valence-corrected chi connectivity index (χ1v) is 10.5. The molecule has 3 aromatic rings. The second kappa shape index (κ2) is 11.2. The van der Waals surface area contributed by atoms with Crippen LogP contribution in [0.3, 0.4) is 0 Å². The number of benzene rings is 3. The topological polar surface area (TPSA) is 48.0 Å². The van der Waals surface area contributed by atoms with Crippen molar-refractivity contribution in [3.8, 4) is 17.2 Å². The Morgan fingerprint density at radius 1 is 0.875 bits per heavy atom. The molecule has 0 heterocycles. The first kappa shape index (κ1) is 23.1. The van der Waals surface area contributed by atoms with Crippen molar-refractivity contribution in [2.24, 2.45) is 0 Å². The molecule has 0 radical (unpaired) electrons. The smallest absolute Gasteiger partial charge is 0.254 e. The van der Waals surface area contributed by atoms with Gasteiger partial charge in [-0.05, 0) is 73.0 Å². The molecule has 0 aliphatic carbocycles. The van der Waals surface area contributed by atoms with Crippen molar-refractivity contribution in [2.45, 2.75) is 19.9 Å². The average molecular weight is 438 g/mol. The lowest BCUT2D eigenvalue weighted by Gasteiger charge is -2.23. The predicted molar refractivity (Wildman–Crippen MR) is 122 cm³/mol. The van der Waals surface area contributed by atoms with E-state index in [-0.39, 0.29) is 11.7 Å². The van der Waals surface area contributed by atoms with Crippen LogP contribution in [0.1, 0.15) is 28.4 Å². The third kappa shape index (κ3) is 6.00. The fourth-order valence-corrected chi connectivity index (χ4v) is 3.41. The number of carbonyl (C=O) groups is 1. The van der Waals surface area contributed by atoms with Crippen LogP contribution in [0.5, 0.6) is 17.2 Å². The molecule has 32 heavy (non-hydrogen) atoms. The minimum Gasteiger partial charge on any atom is -0.494 e. The SMILES string of the molecule is CCOc1ccc(CN(CCc2ccc(OC)c(OC)c2)C(=O)c2ccc(F)cc2)cc1. The highest BCUT2D eigenvalue weighted by molar-refractivity contribution is 5.94. The summed E-state index contributed by atoms with van der Waals surface area (Å²) in [6.45, 7) is 3.44. The fraction of sp³-hybridized carbons (Fsp3) is 0.269. The third-order valence-electron chi connectivity index (χ3n) is 5.10. The summed E-state index contributed by atoms with van der Waals surface area (Å²) in [5.41, 5.74) is 2.45. The first-order valence-electron chi connectivity index (χ1n) is 10.5. The lowest BCUT2D eigenvalue weighted by Crippen LogP contribution is -2.32. The monoisotopic (exact) mass is 437 g/mol. The Hall–Kier alpha value is -3.54. The molecule has 3 rings (SSSR count). The van der Waals surface area contributed by atoms with Crippen LogP contribution in [0.4, 0.5) is 4.39 Å². The zero-order valence-corrected chi connectivity index (χ0v) is 18.6. The molecule has 6 heteroatoms. The summed E-state index contributed by atoms with van der Waals surface area (Å²) >= 11 is 0. The minimum absolute atomic E-state index is 0.153. The van der Waals surface area contributed by atoms with Crippen LogP contribution in [-0.2, 0) is 13.0 Å². The Labute approximate surface area is 188 Å². The van der Waals surface area contributed by atoms with Gasteiger partial charge < -0.3 is 19.1 Å². The van der Waals surface area contributed by atoms with Crippen LogP contribution in [0.15, 0.2) is 66.7 Å². The second-order valence-electron chi connectivity index (χ2n) is 7.25. The lowest BCUT2D eigenvalue weighted by atomic mass is 10.1. The van der Waals surface area contributed by atoms with E-state index >= 15 is 0 Å². The third-order valence-corrected chi connectivity index (χ3v) is 5.10. The quantitative estimate of drug-likeness (QED) is 0.441. The van der Waals surface area contributed by atoms with Gasteiger partial charge in [0.1, 0.15) is 11.6 Å². The van der Waals surface area contributed by atoms with E-state index in [1.54, 1.807) is 19.1 Å². The average Bonchev–Trinajstić information content (AvgIpc) is 2.82. The molecular formula is C26H28FNO4. The Balaban J connectivity index is 1.79. The summed E-state index contributed by atoms with van der Waals surface area (Å²) in [6.07, 6.45) is 0.629. The zero-order valence-electron chi connectivity index (χ0n) is 18.6. The molecule has 0 aromatic heterocycles. The van der Waals surface area contributed by atoms with Gasteiger partial charge in [-0.3, -0.25) is 4.79 Å². The molecule has 0 fully saturated rings. The number of amides is 1. The molecule has 0 aliphatic rings. The van der Waals surface area contributed by atoms with Crippen LogP contribution in [0.25, 0.3) is 0 Å². The van der Waals surface area contributed by atoms with E-state index in [4.69, 9.17) is 14.2 Å². The van der Waals surface area contributed by atoms with E-state index in [0.717, 1.165) is 16.9 Å². The maximum absolute atomic E-state index is 13.3. The normalized spacial score (nSPS) is 10.5. The Bertz CT molecular complexity index is 1020. The molecule has 0 saturated heterocycles. The highest BCUT2D eigenvalue weighted by Gasteiger charge is 2.17. The highest BCUT2D eigenvalue weighted by atomic mass is 19.1. The Kier molecular flexibility index (Phi) is 8.08. The van der Waals surface area contributed by atoms with Gasteiger partial charge >= 0.3 is 0 Å². The van der Waals surface area contributed by atoms with Gasteiger partial charge in [0, 0.05) is 18.7 Å². The van der Waals surface area contributed by atoms with Crippen LogP contribution in [0, 0.1) is 5.82 Å². The maximum atomic E-state index is 13.3. The van der Waals surface area contributed by atoms with Gasteiger partial charge in [0.25, 0.3) is 5.91 Å². The molecule has 0 unspecified atom stereocenters. The van der Waals surface area contributed by atoms with Crippen molar-refractivity contribution in [3.05, 3.63) is 89.2 Å². The van der Waals surface area contributed by atoms with Gasteiger partial charge in [-0.15, -0.1) is 0 Å². The summed E-state index contributed by atoms with van der Waals surface area (Å²) in [5, 5.41) is 0. The van der Waals surface area contributed by atoms with Crippen LogP contribution in [0.2, 0.25) is 0 Å². The van der Waals surface area contributed by atoms with Gasteiger partial charge in [-0.2, -0.15) is 0 Å². The van der Waals surface area contributed by atoms with Crippen LogP contribution in [-0.4, -0.2) is 38.2 Å². The van der Waals surface area contributed by atoms with Crippen molar-refractivity contribution in [3.63, 3.8) is 0 Å². The van der Waals surface area contributed by atoms with Gasteiger partial charge in [0.15, 0.2) is 11.5 Å². The van der Waals surface area contributed by atoms with Gasteiger partial charge in [-0.25, -0.2) is 4.39 Å². The van der Waals surface area contributed by atoms with Crippen LogP contribution < -0.4 is 14.2 Å². The van der Waals surface area contributed by atoms with Crippen molar-refractivity contribution in [2.75, 3.05) is 27.4 Å². The van der Waals surface area contributed by atoms with Crippen molar-refractivity contribution < 1.29 is 23.4 Å². The number of nitrogens with zero attached hydrogens (tertiary/aromatic N) is 1. The molecule has 3 aromatic carbocycles. The summed E-state index contributed by atoms with van der Waals surface area (Å²) in [5.74, 6) is 1.57. The lowest BCUT2D eigenvalue weighted by molar-refractivity contribution is 0.0745. The van der Waals surface area contributed by atoms with E-state index in [9.17, 15) is 9.18 Å². The molecule has 0 saturated carbocycles. The standard InChI is InChI=1S/C26H28FNO4/c1-4-32-23-12-5-20(6-13-23)18-28(26(29)21-8-10-22(27)11-9-21)16-15-19-7-14-24(30-2)25(17-19)31-3/h5-14,17H,4,15-16,18H2,1-3H3. The number of ether oxygens (including phenoxy) is 3. The molecule has 0 N–H and O–H groups in total. The Morgan fingerprint density at radius 3 is 2.16 bits per heavy atom. The minimum atomic E-state index is -0.370. The molecule has 0 atom stereocenters. The number of carbonyl (C=O) groups excluding carboxylic acids is 1. The van der Waals surface area contributed by atoms with E-state index < -0.39 is 0 Å². The van der Waals surface area contributed by atoms with Gasteiger partial charge in [0.05, 0.1) is 20.8 Å². The van der Waals surface area contributed by atoms with E-state index in [1.807, 2.05) is 49.4 Å². The summed E-state index contributed by atoms with van der Waals surface area (Å²) in [4.78, 5) is 15.0. The van der Waals surface area contributed by atoms with Crippen molar-refractivity contribution in [1.82, 2.24) is 4.90 Å². The summed E-state index contributed by atoms with van der Waals surface area (Å²) in [6, 6.07) is 19.0. The molecule has 0 spiro atoms. The zero-order chi connectivity index (χ0) is 22.9. The molecule has 0 aliphatic heterocycles. The van der Waals surface area contributed by atoms with E-state index in [2.05, 4.69) is 0 Å². The first-order chi connectivity index (χ1) is 15.5. The predicted octanol–water partition coefficient (Wildman–Crippen LogP) is 5.13. The number of rotatable bonds is 10. The van der Waals surface area contributed by atoms with Gasteiger partial charge in [0.2, 0.25) is 0 Å². The molecule has 0 bridgehead atoms. The molecule has 1 amide bonds. The number of hydrogen-bond acceptors (Lipinski definition) is 4. The highest BCUT2D eigenvalue weighted by Crippen LogP contribution is 2.28. The van der Waals surface area contributed by atoms with Crippen LogP contribution >= 0.6 is 0 Å². The molecular weight excluding hydrogens is 409 g/mol. The van der Waals surface area contributed by atoms with Gasteiger partial charge in [-0.1, -0.05) is 18.2 Å². The summed E-state index contributed by atoms with van der Waals surface area (Å²) in [7, 11) is 3.19. The van der Waals surface area contributed by atoms with E-state index in [1.165, 1.54) is 24.3 Å². The number of methoxy groups -OCH3 is 2. The maximum Gasteiger partial charge on any atom is 0.254 e. The largest absolute Gasteiger partial charge is 0.494 e. The fourth-order valence-electron chi connectivity index (χ4n) is 3.41. The Morgan fingerprint density at radius 2 is 1.53 bits per heavy atom. The van der Waals surface area contributed by atoms with Crippen molar-refractivity contribution >= 4 is 5.91 Å². The van der Waals surface area contributed by atoms with Crippen molar-refractivity contribution in [1.29, 1.82) is 0 Å². The molecule has 168 valence electrons. The second-order valence-corrected chi connectivity index (χ2v) is 7.25. The number of hydrogen-bond donors (Lipinski definition) is 0. The molecule has 5 nitrogen and oxygen atoms in total. The summed E-state index contributed by atoms with van der Waals surface area (Å²) < 4.78 is 29.5. The number of halogens is 1. The van der Waals surface area contributed by atoms with E-state index in [0.29, 0.717) is 43.2 Å².